The Hall–Kier alpha value is -3.42. The summed E-state index contributed by atoms with van der Waals surface area (Å²) in [6.07, 6.45) is 0. The molecule has 3 rings (SSSR count). The lowest BCUT2D eigenvalue weighted by Crippen LogP contribution is -2.33. The fraction of sp³-hybridized carbons (Fsp3) is 0.333. The van der Waals surface area contributed by atoms with Gasteiger partial charge in [0.25, 0.3) is 5.91 Å². The van der Waals surface area contributed by atoms with E-state index in [-0.39, 0.29) is 5.57 Å². The van der Waals surface area contributed by atoms with Crippen LogP contribution >= 0.6 is 0 Å². The standard InChI is InChI=1S/C24H25F2NO5/c1-6-32-18-11-13(7-10-17(18)31-5)20-19(22(29)24(2,3)4)21(28)23(30)27(20)16-12-14(25)8-9-15(16)26/h7-12,20,28H,6H2,1-5H3. The number of benzene rings is 2. The van der Waals surface area contributed by atoms with Gasteiger partial charge in [0.15, 0.2) is 23.0 Å². The van der Waals surface area contributed by atoms with Crippen LogP contribution in [0.25, 0.3) is 0 Å². The van der Waals surface area contributed by atoms with Crippen LogP contribution in [0.15, 0.2) is 47.7 Å². The number of hydrogen-bond acceptors (Lipinski definition) is 5. The van der Waals surface area contributed by atoms with Gasteiger partial charge in [0, 0.05) is 11.5 Å². The molecule has 0 aromatic heterocycles. The van der Waals surface area contributed by atoms with Crippen LogP contribution < -0.4 is 14.4 Å². The maximum absolute atomic E-state index is 14.7. The Morgan fingerprint density at radius 1 is 1.12 bits per heavy atom. The predicted octanol–water partition coefficient (Wildman–Crippen LogP) is 4.89. The highest BCUT2D eigenvalue weighted by Crippen LogP contribution is 2.45. The van der Waals surface area contributed by atoms with Crippen LogP contribution in [0.5, 0.6) is 11.5 Å². The van der Waals surface area contributed by atoms with E-state index >= 15 is 0 Å². The monoisotopic (exact) mass is 445 g/mol. The molecule has 32 heavy (non-hydrogen) atoms. The molecule has 6 nitrogen and oxygen atoms in total. The molecule has 170 valence electrons. The minimum Gasteiger partial charge on any atom is -0.503 e. The van der Waals surface area contributed by atoms with E-state index < -0.39 is 46.2 Å². The number of amides is 1. The van der Waals surface area contributed by atoms with Crippen molar-refractivity contribution in [3.05, 3.63) is 64.9 Å². The highest BCUT2D eigenvalue weighted by atomic mass is 19.1. The zero-order valence-corrected chi connectivity index (χ0v) is 18.5. The van der Waals surface area contributed by atoms with E-state index in [1.165, 1.54) is 7.11 Å². The fourth-order valence-electron chi connectivity index (χ4n) is 3.61. The van der Waals surface area contributed by atoms with Crippen molar-refractivity contribution in [2.24, 2.45) is 5.41 Å². The molecule has 2 aromatic rings. The van der Waals surface area contributed by atoms with Crippen molar-refractivity contribution in [1.82, 2.24) is 0 Å². The second-order valence-corrected chi connectivity index (χ2v) is 8.36. The molecule has 1 heterocycles. The number of rotatable bonds is 6. The molecular formula is C24H25F2NO5. The number of ether oxygens (including phenoxy) is 2. The van der Waals surface area contributed by atoms with Gasteiger partial charge in [-0.05, 0) is 36.8 Å². The van der Waals surface area contributed by atoms with Gasteiger partial charge in [0.05, 0.1) is 31.0 Å². The molecule has 0 radical (unpaired) electrons. The molecule has 8 heteroatoms. The lowest BCUT2D eigenvalue weighted by molar-refractivity contribution is -0.123. The van der Waals surface area contributed by atoms with Gasteiger partial charge in [-0.15, -0.1) is 0 Å². The second-order valence-electron chi connectivity index (χ2n) is 8.36. The topological polar surface area (TPSA) is 76.1 Å². The SMILES string of the molecule is CCOc1cc(C2C(C(=O)C(C)(C)C)=C(O)C(=O)N2c2cc(F)ccc2F)ccc1OC. The van der Waals surface area contributed by atoms with Gasteiger partial charge in [-0.2, -0.15) is 0 Å². The molecule has 1 amide bonds. The molecule has 1 aliphatic heterocycles. The number of aliphatic hydroxyl groups is 1. The quantitative estimate of drug-likeness (QED) is 0.685. The summed E-state index contributed by atoms with van der Waals surface area (Å²) in [5.74, 6) is -3.18. The van der Waals surface area contributed by atoms with Gasteiger partial charge in [-0.3, -0.25) is 14.5 Å². The molecule has 1 N–H and O–H groups in total. The number of methoxy groups -OCH3 is 1. The van der Waals surface area contributed by atoms with Gasteiger partial charge >= 0.3 is 0 Å². The van der Waals surface area contributed by atoms with E-state index in [0.29, 0.717) is 23.7 Å². The smallest absolute Gasteiger partial charge is 0.294 e. The highest BCUT2D eigenvalue weighted by molar-refractivity contribution is 6.17. The minimum absolute atomic E-state index is 0.196. The predicted molar refractivity (Wildman–Crippen MR) is 115 cm³/mol. The number of hydrogen-bond donors (Lipinski definition) is 1. The number of nitrogens with zero attached hydrogens (tertiary/aromatic N) is 1. The Labute approximate surface area is 185 Å². The molecule has 0 spiro atoms. The first-order valence-corrected chi connectivity index (χ1v) is 10.1. The number of halogens is 2. The van der Waals surface area contributed by atoms with Gasteiger partial charge in [-0.25, -0.2) is 8.78 Å². The number of Topliss-reactive ketones (excluding diaryl/α,β-unsaturated/α-hetero) is 1. The largest absolute Gasteiger partial charge is 0.503 e. The number of aliphatic hydroxyl groups excluding tert-OH is 1. The van der Waals surface area contributed by atoms with Crippen LogP contribution in [0.4, 0.5) is 14.5 Å². The van der Waals surface area contributed by atoms with Crippen molar-refractivity contribution in [3.8, 4) is 11.5 Å². The average molecular weight is 445 g/mol. The van der Waals surface area contributed by atoms with Gasteiger partial charge in [0.2, 0.25) is 0 Å². The molecule has 0 fully saturated rings. The van der Waals surface area contributed by atoms with Crippen LogP contribution in [0.2, 0.25) is 0 Å². The number of ketones is 1. The zero-order chi connectivity index (χ0) is 23.8. The number of carbonyl (C=O) groups excluding carboxylic acids is 2. The molecule has 0 saturated heterocycles. The summed E-state index contributed by atoms with van der Waals surface area (Å²) in [5, 5.41) is 10.7. The second kappa shape index (κ2) is 8.61. The van der Waals surface area contributed by atoms with E-state index in [2.05, 4.69) is 0 Å². The maximum atomic E-state index is 14.7. The van der Waals surface area contributed by atoms with Crippen molar-refractivity contribution >= 4 is 17.4 Å². The minimum atomic E-state index is -1.20. The number of anilines is 1. The molecule has 1 atom stereocenters. The van der Waals surface area contributed by atoms with Crippen molar-refractivity contribution in [1.29, 1.82) is 0 Å². The van der Waals surface area contributed by atoms with Crippen LogP contribution in [0.1, 0.15) is 39.3 Å². The first-order valence-electron chi connectivity index (χ1n) is 10.1. The Morgan fingerprint density at radius 2 is 1.81 bits per heavy atom. The molecule has 0 saturated carbocycles. The third-order valence-electron chi connectivity index (χ3n) is 5.10. The van der Waals surface area contributed by atoms with Crippen molar-refractivity contribution in [2.75, 3.05) is 18.6 Å². The zero-order valence-electron chi connectivity index (χ0n) is 18.5. The lowest BCUT2D eigenvalue weighted by atomic mass is 9.82. The van der Waals surface area contributed by atoms with E-state index in [1.54, 1.807) is 45.9 Å². The summed E-state index contributed by atoms with van der Waals surface area (Å²) in [4.78, 5) is 27.2. The van der Waals surface area contributed by atoms with Crippen molar-refractivity contribution < 1.29 is 33.0 Å². The third kappa shape index (κ3) is 4.04. The Morgan fingerprint density at radius 3 is 2.41 bits per heavy atom. The summed E-state index contributed by atoms with van der Waals surface area (Å²) in [6, 6.07) is 6.18. The Balaban J connectivity index is 2.28. The Bertz CT molecular complexity index is 1100. The molecule has 1 aliphatic rings. The number of carbonyl (C=O) groups is 2. The molecular weight excluding hydrogens is 420 g/mol. The van der Waals surface area contributed by atoms with Gasteiger partial charge < -0.3 is 14.6 Å². The van der Waals surface area contributed by atoms with E-state index in [0.717, 1.165) is 23.1 Å². The third-order valence-corrected chi connectivity index (χ3v) is 5.10. The van der Waals surface area contributed by atoms with E-state index in [1.807, 2.05) is 0 Å². The summed E-state index contributed by atoms with van der Waals surface area (Å²) in [7, 11) is 1.46. The van der Waals surface area contributed by atoms with Crippen LogP contribution in [0, 0.1) is 17.0 Å². The normalized spacial score (nSPS) is 16.5. The first kappa shape index (κ1) is 23.2. The Kier molecular flexibility index (Phi) is 6.25. The van der Waals surface area contributed by atoms with Crippen LogP contribution in [-0.4, -0.2) is 30.5 Å². The summed E-state index contributed by atoms with van der Waals surface area (Å²) < 4.78 is 39.6. The lowest BCUT2D eigenvalue weighted by Gasteiger charge is -2.29. The molecule has 0 bridgehead atoms. The first-order chi connectivity index (χ1) is 15.0. The van der Waals surface area contributed by atoms with Gasteiger partial charge in [-0.1, -0.05) is 26.8 Å². The van der Waals surface area contributed by atoms with Crippen molar-refractivity contribution in [2.45, 2.75) is 33.7 Å². The van der Waals surface area contributed by atoms with Gasteiger partial charge in [0.1, 0.15) is 11.6 Å². The average Bonchev–Trinajstić information content (AvgIpc) is 2.99. The summed E-state index contributed by atoms with van der Waals surface area (Å²) >= 11 is 0. The molecule has 2 aromatic carbocycles. The summed E-state index contributed by atoms with van der Waals surface area (Å²) in [5.41, 5.74) is -1.17. The van der Waals surface area contributed by atoms with E-state index in [9.17, 15) is 23.5 Å². The van der Waals surface area contributed by atoms with Crippen LogP contribution in [-0.2, 0) is 9.59 Å². The fourth-order valence-corrected chi connectivity index (χ4v) is 3.61. The van der Waals surface area contributed by atoms with Crippen LogP contribution in [0.3, 0.4) is 0 Å². The molecule has 0 aliphatic carbocycles. The summed E-state index contributed by atoms with van der Waals surface area (Å²) in [6.45, 7) is 7.02. The van der Waals surface area contributed by atoms with Crippen molar-refractivity contribution in [3.63, 3.8) is 0 Å². The highest BCUT2D eigenvalue weighted by Gasteiger charge is 2.47. The molecule has 1 unspecified atom stereocenters. The maximum Gasteiger partial charge on any atom is 0.294 e. The van der Waals surface area contributed by atoms with E-state index in [4.69, 9.17) is 9.47 Å².